The van der Waals surface area contributed by atoms with Crippen LogP contribution in [0.1, 0.15) is 6.92 Å². The highest BCUT2D eigenvalue weighted by atomic mass is 19.4. The lowest BCUT2D eigenvalue weighted by atomic mass is 10.1. The molecule has 0 rings (SSSR count). The Kier molecular flexibility index (Phi) is 5.58. The van der Waals surface area contributed by atoms with Crippen LogP contribution in [0.3, 0.4) is 0 Å². The van der Waals surface area contributed by atoms with E-state index in [2.05, 4.69) is 4.74 Å². The minimum absolute atomic E-state index is 0. The van der Waals surface area contributed by atoms with Gasteiger partial charge in [0.15, 0.2) is 5.83 Å². The maximum Gasteiger partial charge on any atom is 0.413 e. The molecule has 0 fully saturated rings. The molecule has 0 spiro atoms. The van der Waals surface area contributed by atoms with Crippen molar-refractivity contribution in [2.24, 2.45) is 5.92 Å². The minimum atomic E-state index is -5.46. The number of ether oxygens (including phenoxy) is 1. The first-order valence-corrected chi connectivity index (χ1v) is 3.68. The summed E-state index contributed by atoms with van der Waals surface area (Å²) >= 11 is 0. The maximum absolute atomic E-state index is 12.5. The first-order valence-electron chi connectivity index (χ1n) is 3.68. The molecule has 0 saturated carbocycles. The molecule has 104 valence electrons. The Morgan fingerprint density at radius 2 is 1.41 bits per heavy atom. The van der Waals surface area contributed by atoms with Gasteiger partial charge in [0.25, 0.3) is 0 Å². The molecule has 0 heterocycles. The van der Waals surface area contributed by atoms with Crippen LogP contribution >= 0.6 is 0 Å². The van der Waals surface area contributed by atoms with E-state index < -0.39 is 30.1 Å². The highest BCUT2D eigenvalue weighted by Gasteiger charge is 2.58. The Balaban J connectivity index is 0. The lowest BCUT2D eigenvalue weighted by molar-refractivity contribution is -0.406. The molecule has 0 saturated heterocycles. The standard InChI is InChI=1S/C7H6F8O.FH/c1-3(5(9,10)11)6(12,13)16-7(14,15)4(2)8;/h3H,2H2,1H3;1H. The molecule has 0 bridgehead atoms. The van der Waals surface area contributed by atoms with Gasteiger partial charge in [-0.1, -0.05) is 6.58 Å². The average molecular weight is 278 g/mol. The zero-order chi connectivity index (χ0) is 13.4. The van der Waals surface area contributed by atoms with Crippen LogP contribution in [-0.2, 0) is 4.74 Å². The summed E-state index contributed by atoms with van der Waals surface area (Å²) in [5.41, 5.74) is 0. The molecule has 0 aliphatic heterocycles. The van der Waals surface area contributed by atoms with Crippen molar-refractivity contribution in [1.29, 1.82) is 0 Å². The fraction of sp³-hybridized carbons (Fsp3) is 0.714. The van der Waals surface area contributed by atoms with Gasteiger partial charge in [0.05, 0.1) is 0 Å². The van der Waals surface area contributed by atoms with E-state index in [1.807, 2.05) is 6.58 Å². The lowest BCUT2D eigenvalue weighted by Crippen LogP contribution is -2.44. The molecular weight excluding hydrogens is 271 g/mol. The summed E-state index contributed by atoms with van der Waals surface area (Å²) < 4.78 is 99.4. The Bertz CT molecular complexity index is 269. The van der Waals surface area contributed by atoms with Crippen LogP contribution in [0.4, 0.5) is 39.8 Å². The van der Waals surface area contributed by atoms with Crippen molar-refractivity contribution in [3.63, 3.8) is 0 Å². The van der Waals surface area contributed by atoms with Gasteiger partial charge in [0.1, 0.15) is 5.92 Å². The summed E-state index contributed by atoms with van der Waals surface area (Å²) in [7, 11) is 0. The van der Waals surface area contributed by atoms with Gasteiger partial charge < -0.3 is 0 Å². The van der Waals surface area contributed by atoms with Crippen LogP contribution in [0.15, 0.2) is 12.4 Å². The third-order valence-corrected chi connectivity index (χ3v) is 1.58. The van der Waals surface area contributed by atoms with Crippen molar-refractivity contribution in [2.45, 2.75) is 25.3 Å². The Morgan fingerprint density at radius 1 is 1.06 bits per heavy atom. The molecule has 10 heteroatoms. The number of hydrogen-bond acceptors (Lipinski definition) is 1. The molecule has 0 amide bonds. The molecule has 0 radical (unpaired) electrons. The Labute approximate surface area is 89.4 Å². The molecule has 0 aliphatic rings. The average Bonchev–Trinajstić information content (AvgIpc) is 1.98. The minimum Gasteiger partial charge on any atom is -0.269 e. The molecule has 1 atom stereocenters. The second kappa shape index (κ2) is 5.15. The molecule has 0 aliphatic carbocycles. The lowest BCUT2D eigenvalue weighted by Gasteiger charge is -2.28. The predicted molar refractivity (Wildman–Crippen MR) is 38.9 cm³/mol. The number of hydrogen-bond donors (Lipinski definition) is 0. The summed E-state index contributed by atoms with van der Waals surface area (Å²) in [6.07, 6.45) is -15.9. The van der Waals surface area contributed by atoms with E-state index in [0.717, 1.165) is 0 Å². The van der Waals surface area contributed by atoms with Gasteiger partial charge in [-0.05, 0) is 6.92 Å². The quantitative estimate of drug-likeness (QED) is 0.706. The summed E-state index contributed by atoms with van der Waals surface area (Å²) in [6, 6.07) is 0. The number of rotatable bonds is 4. The largest absolute Gasteiger partial charge is 0.413 e. The number of halogens is 9. The van der Waals surface area contributed by atoms with Crippen LogP contribution in [0, 0.1) is 5.92 Å². The van der Waals surface area contributed by atoms with Gasteiger partial charge in [-0.25, -0.2) is 9.13 Å². The molecular formula is C7H7F9O. The van der Waals surface area contributed by atoms with Crippen molar-refractivity contribution in [3.05, 3.63) is 12.4 Å². The smallest absolute Gasteiger partial charge is 0.269 e. The van der Waals surface area contributed by atoms with Crippen LogP contribution in [-0.4, -0.2) is 18.4 Å². The highest BCUT2D eigenvalue weighted by Crippen LogP contribution is 2.42. The third kappa shape index (κ3) is 4.84. The van der Waals surface area contributed by atoms with E-state index >= 15 is 0 Å². The van der Waals surface area contributed by atoms with E-state index in [-0.39, 0.29) is 11.6 Å². The van der Waals surface area contributed by atoms with E-state index in [9.17, 15) is 35.1 Å². The normalized spacial score (nSPS) is 15.1. The molecule has 0 aromatic carbocycles. The van der Waals surface area contributed by atoms with Crippen molar-refractivity contribution < 1.29 is 44.6 Å². The Hall–Kier alpha value is -0.930. The van der Waals surface area contributed by atoms with Crippen LogP contribution in [0.25, 0.3) is 0 Å². The summed E-state index contributed by atoms with van der Waals surface area (Å²) in [5, 5.41) is 0. The maximum atomic E-state index is 12.5. The van der Waals surface area contributed by atoms with Gasteiger partial charge in [-0.3, -0.25) is 4.70 Å². The first kappa shape index (κ1) is 18.4. The summed E-state index contributed by atoms with van der Waals surface area (Å²) in [4.78, 5) is 0. The fourth-order valence-electron chi connectivity index (χ4n) is 0.505. The molecule has 1 nitrogen and oxygen atoms in total. The summed E-state index contributed by atoms with van der Waals surface area (Å²) in [5.74, 6) is -6.12. The van der Waals surface area contributed by atoms with Crippen LogP contribution < -0.4 is 0 Å². The summed E-state index contributed by atoms with van der Waals surface area (Å²) in [6.45, 7) is 1.90. The van der Waals surface area contributed by atoms with Gasteiger partial charge in [-0.15, -0.1) is 0 Å². The topological polar surface area (TPSA) is 9.23 Å². The Morgan fingerprint density at radius 3 is 1.65 bits per heavy atom. The van der Waals surface area contributed by atoms with Crippen molar-refractivity contribution in [2.75, 3.05) is 0 Å². The zero-order valence-electron chi connectivity index (χ0n) is 8.12. The number of alkyl halides is 7. The second-order valence-corrected chi connectivity index (χ2v) is 2.85. The van der Waals surface area contributed by atoms with Crippen molar-refractivity contribution >= 4 is 0 Å². The monoisotopic (exact) mass is 278 g/mol. The second-order valence-electron chi connectivity index (χ2n) is 2.85. The molecule has 0 aromatic rings. The van der Waals surface area contributed by atoms with Crippen LogP contribution in [0.5, 0.6) is 0 Å². The molecule has 1 unspecified atom stereocenters. The predicted octanol–water partition coefficient (Wildman–Crippen LogP) is 4.02. The fourth-order valence-corrected chi connectivity index (χ4v) is 0.505. The first-order chi connectivity index (χ1) is 6.81. The van der Waals surface area contributed by atoms with Gasteiger partial charge >= 0.3 is 18.4 Å². The van der Waals surface area contributed by atoms with Crippen molar-refractivity contribution in [3.8, 4) is 0 Å². The zero-order valence-corrected chi connectivity index (χ0v) is 8.12. The van der Waals surface area contributed by atoms with Gasteiger partial charge in [0.2, 0.25) is 0 Å². The van der Waals surface area contributed by atoms with E-state index in [1.54, 1.807) is 0 Å². The van der Waals surface area contributed by atoms with Gasteiger partial charge in [-0.2, -0.15) is 30.7 Å². The SMILES string of the molecule is C=C(F)C(F)(F)OC(F)(F)C(C)C(F)(F)F.F. The molecule has 0 aromatic heterocycles. The third-order valence-electron chi connectivity index (χ3n) is 1.58. The molecule has 0 N–H and O–H groups in total. The van der Waals surface area contributed by atoms with Crippen LogP contribution in [0.2, 0.25) is 0 Å². The van der Waals surface area contributed by atoms with E-state index in [4.69, 9.17) is 0 Å². The van der Waals surface area contributed by atoms with E-state index in [1.165, 1.54) is 0 Å². The highest BCUT2D eigenvalue weighted by molar-refractivity contribution is 4.92. The van der Waals surface area contributed by atoms with E-state index in [0.29, 0.717) is 0 Å². The molecule has 17 heavy (non-hydrogen) atoms. The van der Waals surface area contributed by atoms with Gasteiger partial charge in [0, 0.05) is 0 Å². The van der Waals surface area contributed by atoms with Crippen molar-refractivity contribution in [1.82, 2.24) is 0 Å².